The lowest BCUT2D eigenvalue weighted by Gasteiger charge is -2.29. The number of hydrogen-bond donors (Lipinski definition) is 0. The van der Waals surface area contributed by atoms with Gasteiger partial charge in [-0.1, -0.05) is 210 Å². The van der Waals surface area contributed by atoms with Gasteiger partial charge in [-0.05, 0) is 137 Å². The summed E-state index contributed by atoms with van der Waals surface area (Å²) in [6.07, 6.45) is 0. The van der Waals surface area contributed by atoms with E-state index in [9.17, 15) is 0 Å². The van der Waals surface area contributed by atoms with Crippen molar-refractivity contribution in [1.82, 2.24) is 0 Å². The summed E-state index contributed by atoms with van der Waals surface area (Å²) < 4.78 is 0. The van der Waals surface area contributed by atoms with Crippen LogP contribution in [0.3, 0.4) is 0 Å². The van der Waals surface area contributed by atoms with Crippen LogP contribution in [0.5, 0.6) is 0 Å². The van der Waals surface area contributed by atoms with E-state index in [4.69, 9.17) is 0 Å². The average Bonchev–Trinajstić information content (AvgIpc) is 3.73. The van der Waals surface area contributed by atoms with Crippen LogP contribution >= 0.6 is 0 Å². The molecule has 65 heavy (non-hydrogen) atoms. The summed E-state index contributed by atoms with van der Waals surface area (Å²) in [4.78, 5) is 2.49. The molecule has 0 unspecified atom stereocenters. The molecular formula is C64H49N. The maximum atomic E-state index is 2.49. The normalized spacial score (nSPS) is 13.8. The van der Waals surface area contributed by atoms with Crippen molar-refractivity contribution in [1.29, 1.82) is 0 Å². The van der Waals surface area contributed by atoms with Crippen LogP contribution in [0.15, 0.2) is 224 Å². The number of rotatable bonds is 7. The van der Waals surface area contributed by atoms with Gasteiger partial charge in [0.1, 0.15) is 0 Å². The number of anilines is 3. The lowest BCUT2D eigenvalue weighted by Crippen LogP contribution is -2.15. The van der Waals surface area contributed by atoms with Gasteiger partial charge in [0.05, 0.1) is 5.69 Å². The second-order valence-electron chi connectivity index (χ2n) is 18.9. The molecule has 0 saturated carbocycles. The molecule has 0 saturated heterocycles. The van der Waals surface area contributed by atoms with Gasteiger partial charge in [-0.2, -0.15) is 0 Å². The lowest BCUT2D eigenvalue weighted by molar-refractivity contribution is 0.660. The SMILES string of the molecule is CC1(C)c2ccccc2-c2ccc(-c3cc(N(c4ccc(-c5ccccc5)c(-c5ccc6c(c5)C(C)(C)c5ccccc5-6)c4)c4cccc5ccccc45)ccc3-c3ccccc3)cc21. The Labute approximate surface area is 383 Å². The maximum absolute atomic E-state index is 2.49. The largest absolute Gasteiger partial charge is 0.310 e. The van der Waals surface area contributed by atoms with E-state index >= 15 is 0 Å². The van der Waals surface area contributed by atoms with Crippen LogP contribution in [0.2, 0.25) is 0 Å². The summed E-state index contributed by atoms with van der Waals surface area (Å²) in [6.45, 7) is 9.48. The molecule has 0 atom stereocenters. The molecule has 12 rings (SSSR count). The summed E-state index contributed by atoms with van der Waals surface area (Å²) in [5, 5.41) is 2.41. The van der Waals surface area contributed by atoms with Gasteiger partial charge in [-0.3, -0.25) is 0 Å². The quantitative estimate of drug-likeness (QED) is 0.155. The van der Waals surface area contributed by atoms with Crippen LogP contribution < -0.4 is 4.90 Å². The average molecular weight is 832 g/mol. The van der Waals surface area contributed by atoms with Crippen molar-refractivity contribution < 1.29 is 0 Å². The summed E-state index contributed by atoms with van der Waals surface area (Å²) in [7, 11) is 0. The minimum Gasteiger partial charge on any atom is -0.310 e. The fourth-order valence-corrected chi connectivity index (χ4v) is 11.1. The Kier molecular flexibility index (Phi) is 8.94. The summed E-state index contributed by atoms with van der Waals surface area (Å²) in [5.74, 6) is 0. The molecule has 2 aliphatic rings. The van der Waals surface area contributed by atoms with Crippen molar-refractivity contribution in [3.05, 3.63) is 247 Å². The molecule has 1 heteroatoms. The Bertz CT molecular complexity index is 3280. The van der Waals surface area contributed by atoms with Crippen LogP contribution in [0.25, 0.3) is 77.5 Å². The Morgan fingerprint density at radius 3 is 1.22 bits per heavy atom. The smallest absolute Gasteiger partial charge is 0.0540 e. The molecule has 0 aliphatic heterocycles. The summed E-state index contributed by atoms with van der Waals surface area (Å²) in [6, 6.07) is 83.5. The predicted octanol–water partition coefficient (Wildman–Crippen LogP) is 17.6. The van der Waals surface area contributed by atoms with Crippen molar-refractivity contribution in [2.45, 2.75) is 38.5 Å². The van der Waals surface area contributed by atoms with Crippen LogP contribution in [-0.2, 0) is 10.8 Å². The molecule has 0 aromatic heterocycles. The minimum absolute atomic E-state index is 0.117. The van der Waals surface area contributed by atoms with Gasteiger partial charge in [0, 0.05) is 27.6 Å². The third kappa shape index (κ3) is 6.21. The van der Waals surface area contributed by atoms with E-state index in [0.717, 1.165) is 17.1 Å². The van der Waals surface area contributed by atoms with Crippen molar-refractivity contribution in [3.8, 4) is 66.8 Å². The highest BCUT2D eigenvalue weighted by molar-refractivity contribution is 6.01. The maximum Gasteiger partial charge on any atom is 0.0540 e. The van der Waals surface area contributed by atoms with Gasteiger partial charge in [0.15, 0.2) is 0 Å². The third-order valence-corrected chi connectivity index (χ3v) is 14.5. The molecule has 2 aliphatic carbocycles. The van der Waals surface area contributed by atoms with E-state index < -0.39 is 0 Å². The van der Waals surface area contributed by atoms with Gasteiger partial charge in [0.25, 0.3) is 0 Å². The third-order valence-electron chi connectivity index (χ3n) is 14.5. The number of nitrogens with zero attached hydrogens (tertiary/aromatic N) is 1. The van der Waals surface area contributed by atoms with Crippen molar-refractivity contribution >= 4 is 27.8 Å². The Morgan fingerprint density at radius 1 is 0.277 bits per heavy atom. The van der Waals surface area contributed by atoms with Crippen molar-refractivity contribution in [3.63, 3.8) is 0 Å². The highest BCUT2D eigenvalue weighted by Gasteiger charge is 2.37. The van der Waals surface area contributed by atoms with E-state index in [1.807, 2.05) is 0 Å². The van der Waals surface area contributed by atoms with Gasteiger partial charge in [0.2, 0.25) is 0 Å². The molecule has 0 heterocycles. The Hall–Kier alpha value is -7.74. The van der Waals surface area contributed by atoms with Crippen molar-refractivity contribution in [2.24, 2.45) is 0 Å². The molecule has 0 radical (unpaired) electrons. The minimum atomic E-state index is -0.117. The molecule has 10 aromatic rings. The second-order valence-corrected chi connectivity index (χ2v) is 18.9. The molecule has 0 spiro atoms. The van der Waals surface area contributed by atoms with Crippen LogP contribution in [0, 0.1) is 0 Å². The zero-order chi connectivity index (χ0) is 43.9. The topological polar surface area (TPSA) is 3.24 Å². The van der Waals surface area contributed by atoms with E-state index in [1.165, 1.54) is 99.8 Å². The van der Waals surface area contributed by atoms with Gasteiger partial charge < -0.3 is 4.90 Å². The number of fused-ring (bicyclic) bond motifs is 7. The first-order chi connectivity index (χ1) is 31.8. The monoisotopic (exact) mass is 831 g/mol. The molecule has 310 valence electrons. The van der Waals surface area contributed by atoms with E-state index in [2.05, 4.69) is 257 Å². The zero-order valence-electron chi connectivity index (χ0n) is 37.3. The first-order valence-corrected chi connectivity index (χ1v) is 22.9. The lowest BCUT2D eigenvalue weighted by atomic mass is 9.81. The highest BCUT2D eigenvalue weighted by atomic mass is 15.1. The van der Waals surface area contributed by atoms with E-state index in [0.29, 0.717) is 0 Å². The number of benzene rings is 10. The molecule has 1 nitrogen and oxygen atoms in total. The van der Waals surface area contributed by atoms with Gasteiger partial charge >= 0.3 is 0 Å². The molecule has 0 amide bonds. The Balaban J connectivity index is 1.09. The Morgan fingerprint density at radius 2 is 0.692 bits per heavy atom. The molecule has 0 fully saturated rings. The molecule has 10 aromatic carbocycles. The summed E-state index contributed by atoms with van der Waals surface area (Å²) >= 11 is 0. The molecule has 0 bridgehead atoms. The highest BCUT2D eigenvalue weighted by Crippen LogP contribution is 2.53. The summed E-state index contributed by atoms with van der Waals surface area (Å²) in [5.41, 5.74) is 23.6. The zero-order valence-corrected chi connectivity index (χ0v) is 37.3. The van der Waals surface area contributed by atoms with Gasteiger partial charge in [-0.25, -0.2) is 0 Å². The van der Waals surface area contributed by atoms with Crippen LogP contribution in [-0.4, -0.2) is 0 Å². The predicted molar refractivity (Wildman–Crippen MR) is 276 cm³/mol. The van der Waals surface area contributed by atoms with E-state index in [-0.39, 0.29) is 10.8 Å². The standard InChI is InChI=1S/C64H49N/c1-63(2)58-27-15-13-25-52(58)54-34-30-45(38-60(54)63)56-40-47(32-36-49(56)42-18-7-5-8-19-42)65(62-29-17-23-44-22-11-12-24-51(44)62)48-33-37-50(43-20-9-6-10-21-43)57(41-48)46-31-35-55-53-26-14-16-28-59(53)64(3,4)61(55)39-46/h5-41H,1-4H3. The van der Waals surface area contributed by atoms with Gasteiger partial charge in [-0.15, -0.1) is 0 Å². The first-order valence-electron chi connectivity index (χ1n) is 22.9. The molecule has 0 N–H and O–H groups in total. The molecular weight excluding hydrogens is 783 g/mol. The second kappa shape index (κ2) is 14.9. The van der Waals surface area contributed by atoms with Crippen LogP contribution in [0.1, 0.15) is 49.9 Å². The first kappa shape index (κ1) is 38.9. The fourth-order valence-electron chi connectivity index (χ4n) is 11.1. The number of hydrogen-bond acceptors (Lipinski definition) is 1. The van der Waals surface area contributed by atoms with E-state index in [1.54, 1.807) is 0 Å². The van der Waals surface area contributed by atoms with Crippen LogP contribution in [0.4, 0.5) is 17.1 Å². The fraction of sp³-hybridized carbons (Fsp3) is 0.0938. The van der Waals surface area contributed by atoms with Crippen molar-refractivity contribution in [2.75, 3.05) is 4.90 Å².